The molecule has 0 aliphatic carbocycles. The van der Waals surface area contributed by atoms with Gasteiger partial charge >= 0.3 is 0 Å². The Morgan fingerprint density at radius 2 is 1.77 bits per heavy atom. The van der Waals surface area contributed by atoms with Crippen LogP contribution in [0.1, 0.15) is 10.4 Å². The predicted molar refractivity (Wildman–Crippen MR) is 112 cm³/mol. The van der Waals surface area contributed by atoms with Gasteiger partial charge in [0.2, 0.25) is 0 Å². The number of hydrogen-bond donors (Lipinski definition) is 0. The van der Waals surface area contributed by atoms with Crippen molar-refractivity contribution in [3.63, 3.8) is 0 Å². The van der Waals surface area contributed by atoms with Crippen molar-refractivity contribution in [1.82, 2.24) is 9.80 Å². The highest BCUT2D eigenvalue weighted by atomic mass is 32.2. The summed E-state index contributed by atoms with van der Waals surface area (Å²) in [5.41, 5.74) is -0.0665. The molecule has 3 rings (SSSR count). The maximum Gasteiger partial charge on any atom is 0.270 e. The van der Waals surface area contributed by atoms with E-state index in [1.54, 1.807) is 29.2 Å². The Hall–Kier alpha value is -2.98. The smallest absolute Gasteiger partial charge is 0.270 e. The second kappa shape index (κ2) is 9.23. The quantitative estimate of drug-likeness (QED) is 0.486. The van der Waals surface area contributed by atoms with Gasteiger partial charge in [0.1, 0.15) is 21.3 Å². The largest absolute Gasteiger partial charge is 0.457 e. The van der Waals surface area contributed by atoms with Crippen LogP contribution in [0.5, 0.6) is 11.5 Å². The average Bonchev–Trinajstić information content (AvgIpc) is 2.72. The van der Waals surface area contributed by atoms with Gasteiger partial charge < -0.3 is 9.64 Å². The monoisotopic (exact) mass is 433 g/mol. The number of carbonyl (C=O) groups is 1. The molecule has 10 heteroatoms. The Labute approximate surface area is 174 Å². The van der Waals surface area contributed by atoms with Crippen molar-refractivity contribution in [3.8, 4) is 11.5 Å². The van der Waals surface area contributed by atoms with Gasteiger partial charge in [-0.3, -0.25) is 19.8 Å². The summed E-state index contributed by atoms with van der Waals surface area (Å²) in [6.45, 7) is 2.28. The molecule has 1 amide bonds. The van der Waals surface area contributed by atoms with Gasteiger partial charge in [-0.05, 0) is 18.2 Å². The molecule has 30 heavy (non-hydrogen) atoms. The van der Waals surface area contributed by atoms with Gasteiger partial charge in [-0.15, -0.1) is 0 Å². The fourth-order valence-corrected chi connectivity index (χ4v) is 3.73. The van der Waals surface area contributed by atoms with E-state index in [-0.39, 0.29) is 28.7 Å². The third kappa shape index (κ3) is 5.77. The molecule has 0 radical (unpaired) electrons. The number of sulfone groups is 1. The molecule has 0 spiro atoms. The molecular formula is C20H23N3O6S. The van der Waals surface area contributed by atoms with Gasteiger partial charge in [-0.25, -0.2) is 8.42 Å². The van der Waals surface area contributed by atoms with Gasteiger partial charge in [-0.1, -0.05) is 18.2 Å². The highest BCUT2D eigenvalue weighted by Crippen LogP contribution is 2.30. The lowest BCUT2D eigenvalue weighted by molar-refractivity contribution is -0.384. The minimum atomic E-state index is -3.05. The van der Waals surface area contributed by atoms with E-state index in [1.165, 1.54) is 24.5 Å². The van der Waals surface area contributed by atoms with Crippen LogP contribution in [0.4, 0.5) is 5.69 Å². The molecule has 2 aromatic rings. The number of rotatable bonds is 7. The van der Waals surface area contributed by atoms with Crippen LogP contribution >= 0.6 is 0 Å². The number of para-hydroxylation sites is 1. The molecule has 1 aliphatic heterocycles. The van der Waals surface area contributed by atoms with Crippen molar-refractivity contribution in [2.75, 3.05) is 44.7 Å². The summed E-state index contributed by atoms with van der Waals surface area (Å²) >= 11 is 0. The number of nitrogens with zero attached hydrogens (tertiary/aromatic N) is 3. The van der Waals surface area contributed by atoms with Crippen molar-refractivity contribution in [2.24, 2.45) is 0 Å². The summed E-state index contributed by atoms with van der Waals surface area (Å²) in [4.78, 5) is 27.4. The minimum Gasteiger partial charge on any atom is -0.457 e. The molecule has 0 aromatic heterocycles. The molecule has 0 bridgehead atoms. The molecule has 1 heterocycles. The zero-order valence-corrected chi connectivity index (χ0v) is 17.4. The molecule has 1 fully saturated rings. The van der Waals surface area contributed by atoms with Crippen LogP contribution in [-0.4, -0.2) is 73.8 Å². The number of benzene rings is 2. The predicted octanol–water partition coefficient (Wildman–Crippen LogP) is 2.19. The Bertz CT molecular complexity index is 1020. The van der Waals surface area contributed by atoms with Crippen LogP contribution in [0.3, 0.4) is 0 Å². The van der Waals surface area contributed by atoms with Crippen LogP contribution in [0.15, 0.2) is 48.5 Å². The van der Waals surface area contributed by atoms with Crippen LogP contribution < -0.4 is 4.74 Å². The molecule has 1 saturated heterocycles. The highest BCUT2D eigenvalue weighted by Gasteiger charge is 2.26. The Morgan fingerprint density at radius 3 is 2.37 bits per heavy atom. The van der Waals surface area contributed by atoms with E-state index in [1.807, 2.05) is 11.0 Å². The first-order chi connectivity index (χ1) is 14.2. The first-order valence-electron chi connectivity index (χ1n) is 9.43. The summed E-state index contributed by atoms with van der Waals surface area (Å²) in [6.07, 6.45) is 1.20. The van der Waals surface area contributed by atoms with Crippen molar-refractivity contribution in [2.45, 2.75) is 0 Å². The number of hydrogen-bond acceptors (Lipinski definition) is 7. The maximum absolute atomic E-state index is 13.1. The van der Waals surface area contributed by atoms with Crippen molar-refractivity contribution < 1.29 is 22.9 Å². The van der Waals surface area contributed by atoms with E-state index in [4.69, 9.17) is 4.74 Å². The van der Waals surface area contributed by atoms with Crippen LogP contribution in [0.2, 0.25) is 0 Å². The standard InChI is InChI=1S/C20H23N3O6S/c1-30(27,28)14-13-21-9-11-22(12-10-21)20(24)18-15-16(23(25)26)7-8-19(18)29-17-5-3-2-4-6-17/h2-8,15H,9-14H2,1H3. The van der Waals surface area contributed by atoms with E-state index in [9.17, 15) is 23.3 Å². The summed E-state index contributed by atoms with van der Waals surface area (Å²) in [6, 6.07) is 12.8. The highest BCUT2D eigenvalue weighted by molar-refractivity contribution is 7.90. The molecule has 0 unspecified atom stereocenters. The van der Waals surface area contributed by atoms with Crippen molar-refractivity contribution in [1.29, 1.82) is 0 Å². The molecule has 9 nitrogen and oxygen atoms in total. The Morgan fingerprint density at radius 1 is 1.10 bits per heavy atom. The van der Waals surface area contributed by atoms with Crippen LogP contribution in [-0.2, 0) is 9.84 Å². The minimum absolute atomic E-state index is 0.0703. The van der Waals surface area contributed by atoms with Gasteiger partial charge in [0, 0.05) is 51.1 Å². The topological polar surface area (TPSA) is 110 Å². The maximum atomic E-state index is 13.1. The van der Waals surface area contributed by atoms with E-state index < -0.39 is 14.8 Å². The molecule has 2 aromatic carbocycles. The SMILES string of the molecule is CS(=O)(=O)CCN1CCN(C(=O)c2cc([N+](=O)[O-])ccc2Oc2ccccc2)CC1. The van der Waals surface area contributed by atoms with Crippen molar-refractivity contribution in [3.05, 3.63) is 64.2 Å². The number of piperazine rings is 1. The first-order valence-corrected chi connectivity index (χ1v) is 11.5. The summed E-state index contributed by atoms with van der Waals surface area (Å²) in [5, 5.41) is 11.2. The number of nitro benzene ring substituents is 1. The number of non-ortho nitro benzene ring substituents is 1. The molecule has 160 valence electrons. The van der Waals surface area contributed by atoms with E-state index in [2.05, 4.69) is 0 Å². The molecular weight excluding hydrogens is 410 g/mol. The number of carbonyl (C=O) groups excluding carboxylic acids is 1. The Kier molecular flexibility index (Phi) is 6.68. The van der Waals surface area contributed by atoms with Crippen LogP contribution in [0.25, 0.3) is 0 Å². The molecule has 0 saturated carbocycles. The summed E-state index contributed by atoms with van der Waals surface area (Å²) in [5.74, 6) is 0.482. The lowest BCUT2D eigenvalue weighted by Gasteiger charge is -2.34. The van der Waals surface area contributed by atoms with E-state index >= 15 is 0 Å². The number of amides is 1. The van der Waals surface area contributed by atoms with E-state index in [0.29, 0.717) is 38.5 Å². The molecule has 0 atom stereocenters. The first kappa shape index (κ1) is 21.7. The second-order valence-electron chi connectivity index (χ2n) is 7.12. The second-order valence-corrected chi connectivity index (χ2v) is 9.38. The van der Waals surface area contributed by atoms with Gasteiger partial charge in [-0.2, -0.15) is 0 Å². The third-order valence-electron chi connectivity index (χ3n) is 4.81. The normalized spacial score (nSPS) is 15.0. The fourth-order valence-electron chi connectivity index (χ4n) is 3.14. The van der Waals surface area contributed by atoms with Crippen molar-refractivity contribution >= 4 is 21.4 Å². The zero-order chi connectivity index (χ0) is 21.7. The van der Waals surface area contributed by atoms with Gasteiger partial charge in [0.15, 0.2) is 0 Å². The zero-order valence-electron chi connectivity index (χ0n) is 16.6. The Balaban J connectivity index is 1.75. The molecule has 0 N–H and O–H groups in total. The summed E-state index contributed by atoms with van der Waals surface area (Å²) in [7, 11) is -3.05. The lowest BCUT2D eigenvalue weighted by atomic mass is 10.1. The van der Waals surface area contributed by atoms with Crippen LogP contribution in [0, 0.1) is 10.1 Å². The van der Waals surface area contributed by atoms with Gasteiger partial charge in [0.05, 0.1) is 16.2 Å². The number of nitro groups is 1. The third-order valence-corrected chi connectivity index (χ3v) is 5.74. The van der Waals surface area contributed by atoms with Gasteiger partial charge in [0.25, 0.3) is 11.6 Å². The summed E-state index contributed by atoms with van der Waals surface area (Å²) < 4.78 is 28.5. The molecule has 1 aliphatic rings. The number of ether oxygens (including phenoxy) is 1. The lowest BCUT2D eigenvalue weighted by Crippen LogP contribution is -2.49. The fraction of sp³-hybridized carbons (Fsp3) is 0.350. The van der Waals surface area contributed by atoms with E-state index in [0.717, 1.165) is 0 Å². The average molecular weight is 433 g/mol.